The third-order valence-electron chi connectivity index (χ3n) is 3.95. The second kappa shape index (κ2) is 6.81. The fourth-order valence-corrected chi connectivity index (χ4v) is 1.97. The van der Waals surface area contributed by atoms with Gasteiger partial charge in [0, 0.05) is 11.1 Å². The summed E-state index contributed by atoms with van der Waals surface area (Å²) in [5, 5.41) is 14.5. The zero-order chi connectivity index (χ0) is 18.8. The van der Waals surface area contributed by atoms with Gasteiger partial charge >= 0.3 is 6.18 Å². The maximum Gasteiger partial charge on any atom is 0.416 e. The van der Waals surface area contributed by atoms with Gasteiger partial charge in [-0.05, 0) is 44.5 Å². The summed E-state index contributed by atoms with van der Waals surface area (Å²) in [6, 6.07) is 3.92. The molecule has 25 heavy (non-hydrogen) atoms. The Morgan fingerprint density at radius 3 is 2.60 bits per heavy atom. The van der Waals surface area contributed by atoms with Crippen molar-refractivity contribution in [3.63, 3.8) is 0 Å². The van der Waals surface area contributed by atoms with Crippen LogP contribution in [-0.4, -0.2) is 31.7 Å². The van der Waals surface area contributed by atoms with E-state index in [2.05, 4.69) is 20.7 Å². The van der Waals surface area contributed by atoms with Gasteiger partial charge in [0.2, 0.25) is 11.7 Å². The lowest BCUT2D eigenvalue weighted by Gasteiger charge is -2.26. The largest absolute Gasteiger partial charge is 0.416 e. The molecule has 0 spiro atoms. The van der Waals surface area contributed by atoms with E-state index in [1.807, 2.05) is 20.8 Å². The molecule has 136 valence electrons. The first-order chi connectivity index (χ1) is 11.5. The van der Waals surface area contributed by atoms with E-state index in [1.165, 1.54) is 12.1 Å². The second-order valence-corrected chi connectivity index (χ2v) is 6.41. The van der Waals surface area contributed by atoms with Gasteiger partial charge in [-0.15, -0.1) is 10.2 Å². The molecule has 1 N–H and O–H groups in total. The molecule has 0 bridgehead atoms. The quantitative estimate of drug-likeness (QED) is 0.894. The molecule has 0 saturated heterocycles. The summed E-state index contributed by atoms with van der Waals surface area (Å²) in [7, 11) is 0. The number of alkyl halides is 3. The topological polar surface area (TPSA) is 72.7 Å². The Morgan fingerprint density at radius 2 is 2.00 bits per heavy atom. The highest BCUT2D eigenvalue weighted by Gasteiger charge is 2.31. The number of amides is 1. The molecular weight excluding hydrogens is 335 g/mol. The number of carbonyl (C=O) groups excluding carboxylic acids is 1. The predicted octanol–water partition coefficient (Wildman–Crippen LogP) is 3.22. The maximum absolute atomic E-state index is 12.8. The molecule has 1 atom stereocenters. The molecule has 0 aliphatic heterocycles. The molecule has 1 aromatic heterocycles. The van der Waals surface area contributed by atoms with E-state index in [4.69, 9.17) is 0 Å². The molecule has 2 rings (SSSR count). The van der Waals surface area contributed by atoms with Gasteiger partial charge in [-0.2, -0.15) is 18.0 Å². The van der Waals surface area contributed by atoms with Gasteiger partial charge in [0.05, 0.1) is 5.56 Å². The maximum atomic E-state index is 12.8. The fourth-order valence-electron chi connectivity index (χ4n) is 1.97. The summed E-state index contributed by atoms with van der Waals surface area (Å²) in [5.74, 6) is -0.264. The van der Waals surface area contributed by atoms with Crippen LogP contribution in [-0.2, 0) is 11.0 Å². The predicted molar refractivity (Wildman–Crippen MR) is 85.5 cm³/mol. The Bertz CT molecular complexity index is 754. The van der Waals surface area contributed by atoms with Gasteiger partial charge in [0.15, 0.2) is 0 Å². The number of carbonyl (C=O) groups is 1. The molecule has 1 heterocycles. The SMILES string of the molecule is CCC(C)(C)NC(=O)C(C)n1nnc(-c2cccc(C(F)(F)F)c2)n1. The summed E-state index contributed by atoms with van der Waals surface area (Å²) in [5.41, 5.74) is -0.991. The molecule has 0 saturated carbocycles. The number of hydrogen-bond donors (Lipinski definition) is 1. The summed E-state index contributed by atoms with van der Waals surface area (Å²) in [4.78, 5) is 13.4. The number of nitrogens with zero attached hydrogens (tertiary/aromatic N) is 4. The van der Waals surface area contributed by atoms with Gasteiger partial charge in [-0.1, -0.05) is 19.1 Å². The molecule has 1 unspecified atom stereocenters. The van der Waals surface area contributed by atoms with Crippen molar-refractivity contribution in [1.29, 1.82) is 0 Å². The van der Waals surface area contributed by atoms with Crippen molar-refractivity contribution in [2.24, 2.45) is 0 Å². The first-order valence-electron chi connectivity index (χ1n) is 7.82. The van der Waals surface area contributed by atoms with Crippen LogP contribution < -0.4 is 5.32 Å². The number of hydrogen-bond acceptors (Lipinski definition) is 4. The van der Waals surface area contributed by atoms with Crippen molar-refractivity contribution in [1.82, 2.24) is 25.5 Å². The number of benzene rings is 1. The minimum absolute atomic E-state index is 0.0282. The van der Waals surface area contributed by atoms with Gasteiger partial charge in [-0.25, -0.2) is 0 Å². The monoisotopic (exact) mass is 355 g/mol. The van der Waals surface area contributed by atoms with E-state index in [0.717, 1.165) is 23.4 Å². The van der Waals surface area contributed by atoms with Crippen LogP contribution in [0.5, 0.6) is 0 Å². The normalized spacial score (nSPS) is 13.6. The van der Waals surface area contributed by atoms with Crippen molar-refractivity contribution in [2.75, 3.05) is 0 Å². The van der Waals surface area contributed by atoms with Gasteiger partial charge in [0.1, 0.15) is 6.04 Å². The third kappa shape index (κ3) is 4.55. The zero-order valence-electron chi connectivity index (χ0n) is 14.4. The molecule has 9 heteroatoms. The lowest BCUT2D eigenvalue weighted by molar-refractivity contribution is -0.137. The number of tetrazole rings is 1. The van der Waals surface area contributed by atoms with E-state index >= 15 is 0 Å². The van der Waals surface area contributed by atoms with Crippen LogP contribution in [0.1, 0.15) is 45.7 Å². The van der Waals surface area contributed by atoms with Crippen molar-refractivity contribution >= 4 is 5.91 Å². The minimum atomic E-state index is -4.45. The summed E-state index contributed by atoms with van der Waals surface area (Å²) >= 11 is 0. The zero-order valence-corrected chi connectivity index (χ0v) is 14.4. The summed E-state index contributed by atoms with van der Waals surface area (Å²) < 4.78 is 38.4. The molecule has 1 aromatic carbocycles. The fraction of sp³-hybridized carbons (Fsp3) is 0.500. The highest BCUT2D eigenvalue weighted by Crippen LogP contribution is 2.31. The van der Waals surface area contributed by atoms with Crippen LogP contribution in [0, 0.1) is 0 Å². The Balaban J connectivity index is 2.21. The van der Waals surface area contributed by atoms with Gasteiger partial charge < -0.3 is 5.32 Å². The number of halogens is 3. The van der Waals surface area contributed by atoms with Crippen LogP contribution in [0.4, 0.5) is 13.2 Å². The van der Waals surface area contributed by atoms with E-state index < -0.39 is 17.8 Å². The van der Waals surface area contributed by atoms with Crippen molar-refractivity contribution in [3.05, 3.63) is 29.8 Å². The van der Waals surface area contributed by atoms with Crippen LogP contribution in [0.2, 0.25) is 0 Å². The van der Waals surface area contributed by atoms with Crippen molar-refractivity contribution in [2.45, 2.75) is 51.9 Å². The Labute approximate surface area is 143 Å². The highest BCUT2D eigenvalue weighted by atomic mass is 19.4. The van der Waals surface area contributed by atoms with Crippen LogP contribution in [0.15, 0.2) is 24.3 Å². The number of aromatic nitrogens is 4. The number of nitrogens with one attached hydrogen (secondary N) is 1. The first kappa shape index (κ1) is 18.9. The smallest absolute Gasteiger partial charge is 0.349 e. The average molecular weight is 355 g/mol. The molecule has 0 radical (unpaired) electrons. The highest BCUT2D eigenvalue weighted by molar-refractivity contribution is 5.80. The second-order valence-electron chi connectivity index (χ2n) is 6.41. The average Bonchev–Trinajstić information content (AvgIpc) is 3.03. The van der Waals surface area contributed by atoms with E-state index in [1.54, 1.807) is 6.92 Å². The molecule has 6 nitrogen and oxygen atoms in total. The molecule has 0 fully saturated rings. The van der Waals surface area contributed by atoms with Crippen molar-refractivity contribution in [3.8, 4) is 11.4 Å². The van der Waals surface area contributed by atoms with E-state index in [-0.39, 0.29) is 22.8 Å². The van der Waals surface area contributed by atoms with E-state index in [0.29, 0.717) is 0 Å². The molecule has 0 aliphatic rings. The lowest BCUT2D eigenvalue weighted by atomic mass is 10.0. The Hall–Kier alpha value is -2.45. The van der Waals surface area contributed by atoms with Gasteiger partial charge in [0.25, 0.3) is 0 Å². The summed E-state index contributed by atoms with van der Waals surface area (Å²) in [6.07, 6.45) is -3.71. The van der Waals surface area contributed by atoms with Crippen LogP contribution in [0.25, 0.3) is 11.4 Å². The molecule has 2 aromatic rings. The number of rotatable bonds is 5. The standard InChI is InChI=1S/C16H20F3N5O/c1-5-15(3,4)20-14(25)10(2)24-22-13(21-23-24)11-7-6-8-12(9-11)16(17,18)19/h6-10H,5H2,1-4H3,(H,20,25). The first-order valence-corrected chi connectivity index (χ1v) is 7.82. The Kier molecular flexibility index (Phi) is 5.15. The van der Waals surface area contributed by atoms with Crippen LogP contribution in [0.3, 0.4) is 0 Å². The minimum Gasteiger partial charge on any atom is -0.349 e. The van der Waals surface area contributed by atoms with E-state index in [9.17, 15) is 18.0 Å². The van der Waals surface area contributed by atoms with Crippen molar-refractivity contribution < 1.29 is 18.0 Å². The third-order valence-corrected chi connectivity index (χ3v) is 3.95. The Morgan fingerprint density at radius 1 is 1.32 bits per heavy atom. The molecule has 0 aliphatic carbocycles. The molecule has 1 amide bonds. The van der Waals surface area contributed by atoms with Gasteiger partial charge in [-0.3, -0.25) is 4.79 Å². The summed E-state index contributed by atoms with van der Waals surface area (Å²) in [6.45, 7) is 7.32. The lowest BCUT2D eigenvalue weighted by Crippen LogP contribution is -2.45. The van der Waals surface area contributed by atoms with Crippen LogP contribution >= 0.6 is 0 Å². The molecular formula is C16H20F3N5O.